The second-order valence-electron chi connectivity index (χ2n) is 4.68. The van der Waals surface area contributed by atoms with Gasteiger partial charge in [-0.15, -0.1) is 0 Å². The maximum Gasteiger partial charge on any atom is 0.248 e. The van der Waals surface area contributed by atoms with Crippen LogP contribution in [0.3, 0.4) is 0 Å². The van der Waals surface area contributed by atoms with E-state index in [1.165, 1.54) is 5.56 Å². The van der Waals surface area contributed by atoms with E-state index < -0.39 is 5.91 Å². The first kappa shape index (κ1) is 14.1. The monoisotopic (exact) mass is 269 g/mol. The summed E-state index contributed by atoms with van der Waals surface area (Å²) < 4.78 is 5.63. The molecule has 2 aromatic carbocycles. The molecule has 0 aromatic heterocycles. The van der Waals surface area contributed by atoms with E-state index in [0.717, 1.165) is 19.3 Å². The van der Waals surface area contributed by atoms with Gasteiger partial charge in [-0.25, -0.2) is 0 Å². The third kappa shape index (κ3) is 4.43. The van der Waals surface area contributed by atoms with Gasteiger partial charge >= 0.3 is 0 Å². The molecule has 0 aliphatic rings. The van der Waals surface area contributed by atoms with Crippen molar-refractivity contribution >= 4 is 5.91 Å². The summed E-state index contributed by atoms with van der Waals surface area (Å²) in [6, 6.07) is 17.4. The maximum absolute atomic E-state index is 11.1. The van der Waals surface area contributed by atoms with E-state index in [-0.39, 0.29) is 0 Å². The molecule has 104 valence electrons. The van der Waals surface area contributed by atoms with Crippen LogP contribution < -0.4 is 10.5 Å². The molecule has 0 saturated carbocycles. The molecule has 1 amide bonds. The summed E-state index contributed by atoms with van der Waals surface area (Å²) in [5.41, 5.74) is 7.06. The predicted octanol–water partition coefficient (Wildman–Crippen LogP) is 3.19. The van der Waals surface area contributed by atoms with Gasteiger partial charge in [0.15, 0.2) is 0 Å². The number of benzene rings is 2. The topological polar surface area (TPSA) is 52.3 Å². The lowest BCUT2D eigenvalue weighted by atomic mass is 10.1. The second-order valence-corrected chi connectivity index (χ2v) is 4.68. The van der Waals surface area contributed by atoms with Crippen molar-refractivity contribution in [1.82, 2.24) is 0 Å². The predicted molar refractivity (Wildman–Crippen MR) is 79.8 cm³/mol. The van der Waals surface area contributed by atoms with Gasteiger partial charge in [0.05, 0.1) is 6.61 Å². The van der Waals surface area contributed by atoms with Gasteiger partial charge in [-0.3, -0.25) is 4.79 Å². The zero-order valence-corrected chi connectivity index (χ0v) is 11.4. The van der Waals surface area contributed by atoms with E-state index >= 15 is 0 Å². The van der Waals surface area contributed by atoms with Crippen molar-refractivity contribution in [3.8, 4) is 5.75 Å². The highest BCUT2D eigenvalue weighted by molar-refractivity contribution is 5.93. The van der Waals surface area contributed by atoms with Crippen molar-refractivity contribution < 1.29 is 9.53 Å². The third-order valence-electron chi connectivity index (χ3n) is 3.09. The fourth-order valence-corrected chi connectivity index (χ4v) is 2.01. The summed E-state index contributed by atoms with van der Waals surface area (Å²) in [4.78, 5) is 11.1. The maximum atomic E-state index is 11.1. The van der Waals surface area contributed by atoms with E-state index in [9.17, 15) is 4.79 Å². The van der Waals surface area contributed by atoms with Gasteiger partial charge in [0, 0.05) is 5.56 Å². The number of ether oxygens (including phenoxy) is 1. The van der Waals surface area contributed by atoms with E-state index in [1.54, 1.807) is 18.2 Å². The van der Waals surface area contributed by atoms with Gasteiger partial charge in [0.2, 0.25) is 5.91 Å². The summed E-state index contributed by atoms with van der Waals surface area (Å²) >= 11 is 0. The SMILES string of the molecule is NC(=O)c1cccc(OCCCCc2ccccc2)c1. The first-order chi connectivity index (χ1) is 9.75. The highest BCUT2D eigenvalue weighted by atomic mass is 16.5. The largest absolute Gasteiger partial charge is 0.494 e. The normalized spacial score (nSPS) is 10.2. The van der Waals surface area contributed by atoms with E-state index in [1.807, 2.05) is 12.1 Å². The third-order valence-corrected chi connectivity index (χ3v) is 3.09. The average Bonchev–Trinajstić information content (AvgIpc) is 2.48. The van der Waals surface area contributed by atoms with Crippen molar-refractivity contribution in [3.63, 3.8) is 0 Å². The molecule has 0 saturated heterocycles. The molecule has 0 unspecified atom stereocenters. The number of amides is 1. The minimum Gasteiger partial charge on any atom is -0.494 e. The van der Waals surface area contributed by atoms with E-state index in [4.69, 9.17) is 10.5 Å². The Bertz CT molecular complexity index is 552. The lowest BCUT2D eigenvalue weighted by Gasteiger charge is -2.07. The first-order valence-electron chi connectivity index (χ1n) is 6.82. The molecule has 0 aliphatic carbocycles. The highest BCUT2D eigenvalue weighted by Gasteiger charge is 2.01. The van der Waals surface area contributed by atoms with Gasteiger partial charge in [0.1, 0.15) is 5.75 Å². The summed E-state index contributed by atoms with van der Waals surface area (Å²) in [5, 5.41) is 0. The zero-order chi connectivity index (χ0) is 14.2. The Kier molecular flexibility index (Phi) is 5.18. The van der Waals surface area contributed by atoms with Gasteiger partial charge < -0.3 is 10.5 Å². The molecule has 0 radical (unpaired) electrons. The number of rotatable bonds is 7. The fraction of sp³-hybridized carbons (Fsp3) is 0.235. The lowest BCUT2D eigenvalue weighted by molar-refractivity contribution is 0.1000. The first-order valence-corrected chi connectivity index (χ1v) is 6.82. The van der Waals surface area contributed by atoms with Crippen LogP contribution in [0.5, 0.6) is 5.75 Å². The van der Waals surface area contributed by atoms with Gasteiger partial charge in [-0.05, 0) is 43.0 Å². The fourth-order valence-electron chi connectivity index (χ4n) is 2.01. The van der Waals surface area contributed by atoms with Crippen molar-refractivity contribution in [2.75, 3.05) is 6.61 Å². The molecule has 0 bridgehead atoms. The molecule has 2 N–H and O–H groups in total. The Morgan fingerprint density at radius 2 is 1.80 bits per heavy atom. The van der Waals surface area contributed by atoms with Crippen LogP contribution in [-0.4, -0.2) is 12.5 Å². The number of primary amides is 1. The Balaban J connectivity index is 1.71. The van der Waals surface area contributed by atoms with Gasteiger partial charge in [0.25, 0.3) is 0 Å². The minimum atomic E-state index is -0.431. The van der Waals surface area contributed by atoms with Crippen molar-refractivity contribution in [2.24, 2.45) is 5.73 Å². The number of hydrogen-bond acceptors (Lipinski definition) is 2. The molecule has 0 fully saturated rings. The van der Waals surface area contributed by atoms with E-state index in [0.29, 0.717) is 17.9 Å². The number of aryl methyl sites for hydroxylation is 1. The zero-order valence-electron chi connectivity index (χ0n) is 11.4. The summed E-state index contributed by atoms with van der Waals surface area (Å²) in [5.74, 6) is 0.264. The van der Waals surface area contributed by atoms with Crippen LogP contribution in [0.4, 0.5) is 0 Å². The summed E-state index contributed by atoms with van der Waals surface area (Å²) in [6.07, 6.45) is 3.13. The van der Waals surface area contributed by atoms with Gasteiger partial charge in [-0.2, -0.15) is 0 Å². The second kappa shape index (κ2) is 7.34. The van der Waals surface area contributed by atoms with Gasteiger partial charge in [-0.1, -0.05) is 36.4 Å². The van der Waals surface area contributed by atoms with Crippen LogP contribution in [0.25, 0.3) is 0 Å². The molecule has 0 aliphatic heterocycles. The number of carbonyl (C=O) groups is 1. The number of nitrogens with two attached hydrogens (primary N) is 1. The Hall–Kier alpha value is -2.29. The summed E-state index contributed by atoms with van der Waals surface area (Å²) in [7, 11) is 0. The van der Waals surface area contributed by atoms with Crippen molar-refractivity contribution in [3.05, 3.63) is 65.7 Å². The molecule has 0 heterocycles. The molecular formula is C17H19NO2. The molecule has 2 rings (SSSR count). The summed E-state index contributed by atoms with van der Waals surface area (Å²) in [6.45, 7) is 0.648. The van der Waals surface area contributed by atoms with Crippen LogP contribution >= 0.6 is 0 Å². The van der Waals surface area contributed by atoms with E-state index in [2.05, 4.69) is 24.3 Å². The van der Waals surface area contributed by atoms with Crippen molar-refractivity contribution in [1.29, 1.82) is 0 Å². The number of carbonyl (C=O) groups excluding carboxylic acids is 1. The van der Waals surface area contributed by atoms with Crippen molar-refractivity contribution in [2.45, 2.75) is 19.3 Å². The Labute approximate surface area is 119 Å². The molecule has 0 spiro atoms. The van der Waals surface area contributed by atoms with Crippen LogP contribution in [0.1, 0.15) is 28.8 Å². The Morgan fingerprint density at radius 3 is 2.55 bits per heavy atom. The molecule has 2 aromatic rings. The molecule has 3 heteroatoms. The molecule has 0 atom stereocenters. The van der Waals surface area contributed by atoms with Crippen LogP contribution in [0, 0.1) is 0 Å². The standard InChI is InChI=1S/C17H19NO2/c18-17(19)15-10-6-11-16(13-15)20-12-5-4-9-14-7-2-1-3-8-14/h1-3,6-8,10-11,13H,4-5,9,12H2,(H2,18,19). The number of unbranched alkanes of at least 4 members (excludes halogenated alkanes) is 1. The molecule has 20 heavy (non-hydrogen) atoms. The smallest absolute Gasteiger partial charge is 0.248 e. The Morgan fingerprint density at radius 1 is 1.00 bits per heavy atom. The van der Waals surface area contributed by atoms with Crippen LogP contribution in [0.15, 0.2) is 54.6 Å². The molecule has 3 nitrogen and oxygen atoms in total. The average molecular weight is 269 g/mol. The lowest BCUT2D eigenvalue weighted by Crippen LogP contribution is -2.10. The van der Waals surface area contributed by atoms with Crippen LogP contribution in [0.2, 0.25) is 0 Å². The van der Waals surface area contributed by atoms with Crippen LogP contribution in [-0.2, 0) is 6.42 Å². The minimum absolute atomic E-state index is 0.431. The highest BCUT2D eigenvalue weighted by Crippen LogP contribution is 2.13. The number of hydrogen-bond donors (Lipinski definition) is 1. The molecular weight excluding hydrogens is 250 g/mol. The quantitative estimate of drug-likeness (QED) is 0.785.